The van der Waals surface area contributed by atoms with Crippen molar-refractivity contribution in [3.05, 3.63) is 0 Å². The van der Waals surface area contributed by atoms with Gasteiger partial charge in [0.05, 0.1) is 6.61 Å². The van der Waals surface area contributed by atoms with E-state index in [1.165, 1.54) is 12.8 Å². The summed E-state index contributed by atoms with van der Waals surface area (Å²) in [5, 5.41) is 0. The van der Waals surface area contributed by atoms with Crippen LogP contribution in [0.4, 0.5) is 0 Å². The van der Waals surface area contributed by atoms with Crippen LogP contribution in [0.3, 0.4) is 0 Å². The number of thiol groups is 1. The van der Waals surface area contributed by atoms with Gasteiger partial charge in [-0.05, 0) is 25.5 Å². The Kier molecular flexibility index (Phi) is 2.42. The Bertz CT molecular complexity index is 88.9. The molecule has 1 aliphatic carbocycles. The molecule has 0 aromatic heterocycles. The lowest BCUT2D eigenvalue weighted by atomic mass is 10.2. The molecule has 0 atom stereocenters. The van der Waals surface area contributed by atoms with Crippen molar-refractivity contribution in [2.75, 3.05) is 19.0 Å². The molecule has 9 heavy (non-hydrogen) atoms. The fraction of sp³-hybridized carbons (Fsp3) is 1.00. The number of rotatable bonds is 4. The molecule has 0 bridgehead atoms. The summed E-state index contributed by atoms with van der Waals surface area (Å²) in [6.07, 6.45) is 2.63. The largest absolute Gasteiger partial charge is 0.381 e. The standard InChI is InChI=1S/C7H14OS/c1-2-8-5-7(6-9)3-4-7/h9H,2-6H2,1H3. The van der Waals surface area contributed by atoms with Crippen LogP contribution in [-0.4, -0.2) is 19.0 Å². The van der Waals surface area contributed by atoms with E-state index in [2.05, 4.69) is 12.6 Å². The van der Waals surface area contributed by atoms with E-state index in [0.717, 1.165) is 19.0 Å². The van der Waals surface area contributed by atoms with Crippen LogP contribution >= 0.6 is 12.6 Å². The van der Waals surface area contributed by atoms with Gasteiger partial charge in [0.2, 0.25) is 0 Å². The van der Waals surface area contributed by atoms with Gasteiger partial charge in [0.25, 0.3) is 0 Å². The molecule has 0 heterocycles. The SMILES string of the molecule is CCOCC1(CS)CC1. The summed E-state index contributed by atoms with van der Waals surface area (Å²) in [4.78, 5) is 0. The van der Waals surface area contributed by atoms with Crippen LogP contribution in [0, 0.1) is 5.41 Å². The first-order valence-electron chi connectivity index (χ1n) is 3.51. The van der Waals surface area contributed by atoms with Crippen molar-refractivity contribution in [3.8, 4) is 0 Å². The zero-order valence-electron chi connectivity index (χ0n) is 5.89. The van der Waals surface area contributed by atoms with E-state index >= 15 is 0 Å². The molecule has 1 nitrogen and oxygen atoms in total. The molecule has 0 spiro atoms. The van der Waals surface area contributed by atoms with Gasteiger partial charge in [-0.15, -0.1) is 0 Å². The first-order chi connectivity index (χ1) is 4.33. The third-order valence-electron chi connectivity index (χ3n) is 1.90. The van der Waals surface area contributed by atoms with Crippen LogP contribution in [0.25, 0.3) is 0 Å². The summed E-state index contributed by atoms with van der Waals surface area (Å²) in [5.41, 5.74) is 0.485. The van der Waals surface area contributed by atoms with Gasteiger partial charge in [-0.25, -0.2) is 0 Å². The maximum absolute atomic E-state index is 5.30. The van der Waals surface area contributed by atoms with E-state index in [4.69, 9.17) is 4.74 Å². The van der Waals surface area contributed by atoms with Crippen molar-refractivity contribution in [1.29, 1.82) is 0 Å². The number of ether oxygens (including phenoxy) is 1. The number of hydrogen-bond acceptors (Lipinski definition) is 2. The molecule has 0 aromatic carbocycles. The van der Waals surface area contributed by atoms with Gasteiger partial charge in [0.15, 0.2) is 0 Å². The van der Waals surface area contributed by atoms with Crippen molar-refractivity contribution in [2.45, 2.75) is 19.8 Å². The van der Waals surface area contributed by atoms with E-state index in [0.29, 0.717) is 5.41 Å². The van der Waals surface area contributed by atoms with Gasteiger partial charge in [-0.1, -0.05) is 0 Å². The first kappa shape index (κ1) is 7.42. The van der Waals surface area contributed by atoms with Crippen LogP contribution in [0.5, 0.6) is 0 Å². The van der Waals surface area contributed by atoms with E-state index in [9.17, 15) is 0 Å². The minimum Gasteiger partial charge on any atom is -0.381 e. The molecule has 0 aliphatic heterocycles. The lowest BCUT2D eigenvalue weighted by Gasteiger charge is -2.09. The maximum atomic E-state index is 5.30. The first-order valence-corrected chi connectivity index (χ1v) is 4.15. The fourth-order valence-corrected chi connectivity index (χ4v) is 1.25. The normalized spacial score (nSPS) is 22.0. The van der Waals surface area contributed by atoms with E-state index in [-0.39, 0.29) is 0 Å². The fourth-order valence-electron chi connectivity index (χ4n) is 0.843. The second-order valence-electron chi connectivity index (χ2n) is 2.80. The van der Waals surface area contributed by atoms with Crippen molar-refractivity contribution >= 4 is 12.6 Å². The molecule has 0 amide bonds. The predicted octanol–water partition coefficient (Wildman–Crippen LogP) is 1.73. The third-order valence-corrected chi connectivity index (χ3v) is 2.58. The monoisotopic (exact) mass is 146 g/mol. The molecule has 0 aromatic rings. The Hall–Kier alpha value is 0.310. The van der Waals surface area contributed by atoms with Crippen LogP contribution < -0.4 is 0 Å². The second kappa shape index (κ2) is 2.93. The third kappa shape index (κ3) is 1.87. The molecular formula is C7H14OS. The van der Waals surface area contributed by atoms with Crippen molar-refractivity contribution in [3.63, 3.8) is 0 Å². The second-order valence-corrected chi connectivity index (χ2v) is 3.11. The lowest BCUT2D eigenvalue weighted by Crippen LogP contribution is -2.11. The van der Waals surface area contributed by atoms with E-state index in [1.807, 2.05) is 6.92 Å². The van der Waals surface area contributed by atoms with Crippen molar-refractivity contribution in [1.82, 2.24) is 0 Å². The van der Waals surface area contributed by atoms with Gasteiger partial charge >= 0.3 is 0 Å². The molecule has 0 radical (unpaired) electrons. The Balaban J connectivity index is 2.10. The zero-order chi connectivity index (χ0) is 6.74. The van der Waals surface area contributed by atoms with Crippen LogP contribution in [-0.2, 0) is 4.74 Å². The minimum absolute atomic E-state index is 0.485. The molecule has 2 heteroatoms. The number of hydrogen-bond donors (Lipinski definition) is 1. The molecule has 0 N–H and O–H groups in total. The van der Waals surface area contributed by atoms with Crippen LogP contribution in [0.1, 0.15) is 19.8 Å². The zero-order valence-corrected chi connectivity index (χ0v) is 6.79. The molecule has 0 saturated heterocycles. The highest BCUT2D eigenvalue weighted by atomic mass is 32.1. The van der Waals surface area contributed by atoms with Crippen molar-refractivity contribution in [2.24, 2.45) is 5.41 Å². The van der Waals surface area contributed by atoms with Gasteiger partial charge in [0.1, 0.15) is 0 Å². The molecule has 0 unspecified atom stereocenters. The van der Waals surface area contributed by atoms with E-state index < -0.39 is 0 Å². The topological polar surface area (TPSA) is 9.23 Å². The van der Waals surface area contributed by atoms with Gasteiger partial charge in [0, 0.05) is 12.0 Å². The van der Waals surface area contributed by atoms with E-state index in [1.54, 1.807) is 0 Å². The van der Waals surface area contributed by atoms with Crippen molar-refractivity contribution < 1.29 is 4.74 Å². The smallest absolute Gasteiger partial charge is 0.0530 e. The van der Waals surface area contributed by atoms with Gasteiger partial charge in [-0.2, -0.15) is 12.6 Å². The summed E-state index contributed by atoms with van der Waals surface area (Å²) in [7, 11) is 0. The van der Waals surface area contributed by atoms with Crippen LogP contribution in [0.15, 0.2) is 0 Å². The molecule has 1 fully saturated rings. The summed E-state index contributed by atoms with van der Waals surface area (Å²) in [6.45, 7) is 3.80. The summed E-state index contributed by atoms with van der Waals surface area (Å²) < 4.78 is 5.30. The summed E-state index contributed by atoms with van der Waals surface area (Å²) in [6, 6.07) is 0. The summed E-state index contributed by atoms with van der Waals surface area (Å²) in [5.74, 6) is 0.993. The molecule has 1 saturated carbocycles. The Morgan fingerprint density at radius 2 is 2.22 bits per heavy atom. The van der Waals surface area contributed by atoms with Crippen LogP contribution in [0.2, 0.25) is 0 Å². The quantitative estimate of drug-likeness (QED) is 0.594. The molecular weight excluding hydrogens is 132 g/mol. The van der Waals surface area contributed by atoms with Gasteiger partial charge in [-0.3, -0.25) is 0 Å². The molecule has 1 aliphatic rings. The predicted molar refractivity (Wildman–Crippen MR) is 42.0 cm³/mol. The highest BCUT2D eigenvalue weighted by Gasteiger charge is 2.41. The molecule has 54 valence electrons. The Labute approximate surface area is 62.2 Å². The Morgan fingerprint density at radius 1 is 1.56 bits per heavy atom. The highest BCUT2D eigenvalue weighted by molar-refractivity contribution is 7.80. The maximum Gasteiger partial charge on any atom is 0.0530 e. The van der Waals surface area contributed by atoms with Gasteiger partial charge < -0.3 is 4.74 Å². The average Bonchev–Trinajstić information content (AvgIpc) is 2.65. The molecule has 1 rings (SSSR count). The minimum atomic E-state index is 0.485. The highest BCUT2D eigenvalue weighted by Crippen LogP contribution is 2.46. The average molecular weight is 146 g/mol. The Morgan fingerprint density at radius 3 is 2.56 bits per heavy atom. The summed E-state index contributed by atoms with van der Waals surface area (Å²) >= 11 is 4.26. The lowest BCUT2D eigenvalue weighted by molar-refractivity contribution is 0.109.